The second-order valence-corrected chi connectivity index (χ2v) is 6.26. The van der Waals surface area contributed by atoms with Crippen molar-refractivity contribution >= 4 is 11.6 Å². The van der Waals surface area contributed by atoms with E-state index >= 15 is 0 Å². The quantitative estimate of drug-likeness (QED) is 0.779. The van der Waals surface area contributed by atoms with Gasteiger partial charge in [0.25, 0.3) is 0 Å². The largest absolute Gasteiger partial charge is 0.326 e. The van der Waals surface area contributed by atoms with Gasteiger partial charge in [-0.1, -0.05) is 24.3 Å². The SMILES string of the molecule is O=C1Cc2cc(-c3ccc(CCc4ccc(F)cc4)nc3)ccc2N1. The molecule has 0 unspecified atom stereocenters. The highest BCUT2D eigenvalue weighted by Crippen LogP contribution is 2.28. The molecule has 1 aliphatic heterocycles. The normalized spacial score (nSPS) is 12.8. The second kappa shape index (κ2) is 6.48. The number of pyridine rings is 1. The Hall–Kier alpha value is -3.01. The molecule has 1 aliphatic rings. The number of amides is 1. The Morgan fingerprint density at radius 1 is 0.960 bits per heavy atom. The number of nitrogens with zero attached hydrogens (tertiary/aromatic N) is 1. The summed E-state index contributed by atoms with van der Waals surface area (Å²) in [5, 5.41) is 2.84. The first-order valence-electron chi connectivity index (χ1n) is 8.30. The molecular weight excluding hydrogens is 315 g/mol. The Balaban J connectivity index is 1.46. The smallest absolute Gasteiger partial charge is 0.228 e. The number of fused-ring (bicyclic) bond motifs is 1. The summed E-state index contributed by atoms with van der Waals surface area (Å²) in [4.78, 5) is 16.0. The Labute approximate surface area is 145 Å². The van der Waals surface area contributed by atoms with Gasteiger partial charge in [0.05, 0.1) is 6.42 Å². The molecule has 3 nitrogen and oxygen atoms in total. The maximum atomic E-state index is 12.9. The molecule has 0 bridgehead atoms. The van der Waals surface area contributed by atoms with E-state index in [0.29, 0.717) is 6.42 Å². The van der Waals surface area contributed by atoms with Gasteiger partial charge >= 0.3 is 0 Å². The van der Waals surface area contributed by atoms with E-state index in [4.69, 9.17) is 0 Å². The van der Waals surface area contributed by atoms with Crippen LogP contribution in [0.1, 0.15) is 16.8 Å². The maximum absolute atomic E-state index is 12.9. The highest BCUT2D eigenvalue weighted by atomic mass is 19.1. The third-order valence-electron chi connectivity index (χ3n) is 4.47. The van der Waals surface area contributed by atoms with Crippen molar-refractivity contribution in [3.63, 3.8) is 0 Å². The van der Waals surface area contributed by atoms with Crippen molar-refractivity contribution in [2.75, 3.05) is 5.32 Å². The highest BCUT2D eigenvalue weighted by molar-refractivity contribution is 5.99. The van der Waals surface area contributed by atoms with Gasteiger partial charge in [-0.05, 0) is 59.9 Å². The van der Waals surface area contributed by atoms with E-state index in [9.17, 15) is 9.18 Å². The standard InChI is InChI=1S/C21H17FN2O/c22-18-6-1-14(2-7-18)3-8-19-9-4-16(13-23-19)15-5-10-20-17(11-15)12-21(25)24-20/h1-2,4-7,9-11,13H,3,8,12H2,(H,24,25). The topological polar surface area (TPSA) is 42.0 Å². The van der Waals surface area contributed by atoms with Crippen molar-refractivity contribution in [1.29, 1.82) is 0 Å². The van der Waals surface area contributed by atoms with Crippen molar-refractivity contribution in [3.05, 3.63) is 83.4 Å². The maximum Gasteiger partial charge on any atom is 0.228 e. The van der Waals surface area contributed by atoms with Gasteiger partial charge in [-0.2, -0.15) is 0 Å². The molecule has 1 aromatic heterocycles. The fourth-order valence-corrected chi connectivity index (χ4v) is 3.08. The zero-order chi connectivity index (χ0) is 17.2. The molecule has 25 heavy (non-hydrogen) atoms. The molecule has 4 heteroatoms. The summed E-state index contributed by atoms with van der Waals surface area (Å²) >= 11 is 0. The van der Waals surface area contributed by atoms with Crippen LogP contribution >= 0.6 is 0 Å². The summed E-state index contributed by atoms with van der Waals surface area (Å²) in [6.45, 7) is 0. The summed E-state index contributed by atoms with van der Waals surface area (Å²) in [5.74, 6) is -0.168. The van der Waals surface area contributed by atoms with Gasteiger partial charge in [-0.3, -0.25) is 9.78 Å². The Morgan fingerprint density at radius 2 is 1.76 bits per heavy atom. The fourth-order valence-electron chi connectivity index (χ4n) is 3.08. The summed E-state index contributed by atoms with van der Waals surface area (Å²) in [5.41, 5.74) is 6.13. The summed E-state index contributed by atoms with van der Waals surface area (Å²) in [6.07, 6.45) is 3.95. The minimum absolute atomic E-state index is 0.0430. The van der Waals surface area contributed by atoms with Gasteiger partial charge in [-0.15, -0.1) is 0 Å². The zero-order valence-electron chi connectivity index (χ0n) is 13.6. The molecular formula is C21H17FN2O. The molecule has 0 aliphatic carbocycles. The molecule has 1 N–H and O–H groups in total. The van der Waals surface area contributed by atoms with E-state index in [1.807, 2.05) is 42.6 Å². The number of carbonyl (C=O) groups is 1. The summed E-state index contributed by atoms with van der Waals surface area (Å²) in [7, 11) is 0. The number of hydrogen-bond acceptors (Lipinski definition) is 2. The monoisotopic (exact) mass is 332 g/mol. The first kappa shape index (κ1) is 15.5. The number of rotatable bonds is 4. The van der Waals surface area contributed by atoms with E-state index in [0.717, 1.165) is 46.5 Å². The number of benzene rings is 2. The molecule has 1 amide bonds. The second-order valence-electron chi connectivity index (χ2n) is 6.26. The first-order valence-corrected chi connectivity index (χ1v) is 8.30. The van der Waals surface area contributed by atoms with Crippen molar-refractivity contribution in [3.8, 4) is 11.1 Å². The molecule has 0 atom stereocenters. The van der Waals surface area contributed by atoms with E-state index in [1.54, 1.807) is 0 Å². The van der Waals surface area contributed by atoms with Crippen molar-refractivity contribution in [1.82, 2.24) is 4.98 Å². The lowest BCUT2D eigenvalue weighted by molar-refractivity contribution is -0.115. The van der Waals surface area contributed by atoms with Crippen LogP contribution in [0.5, 0.6) is 0 Å². The van der Waals surface area contributed by atoms with Crippen LogP contribution < -0.4 is 5.32 Å². The molecule has 2 heterocycles. The Bertz CT molecular complexity index is 918. The van der Waals surface area contributed by atoms with Crippen molar-refractivity contribution < 1.29 is 9.18 Å². The van der Waals surface area contributed by atoms with Gasteiger partial charge in [0.15, 0.2) is 0 Å². The summed E-state index contributed by atoms with van der Waals surface area (Å²) in [6, 6.07) is 16.7. The highest BCUT2D eigenvalue weighted by Gasteiger charge is 2.17. The van der Waals surface area contributed by atoms with Crippen LogP contribution in [0.2, 0.25) is 0 Å². The summed E-state index contributed by atoms with van der Waals surface area (Å²) < 4.78 is 12.9. The number of anilines is 1. The van der Waals surface area contributed by atoms with Crippen LogP contribution in [0.15, 0.2) is 60.8 Å². The molecule has 2 aromatic carbocycles. The lowest BCUT2D eigenvalue weighted by atomic mass is 10.0. The first-order chi connectivity index (χ1) is 12.2. The third kappa shape index (κ3) is 3.43. The van der Waals surface area contributed by atoms with Gasteiger partial charge in [0, 0.05) is 23.1 Å². The van der Waals surface area contributed by atoms with E-state index < -0.39 is 0 Å². The number of aromatic nitrogens is 1. The number of hydrogen-bond donors (Lipinski definition) is 1. The van der Waals surface area contributed by atoms with Crippen LogP contribution in [-0.2, 0) is 24.1 Å². The molecule has 0 saturated heterocycles. The minimum atomic E-state index is -0.211. The minimum Gasteiger partial charge on any atom is -0.326 e. The van der Waals surface area contributed by atoms with Gasteiger partial charge < -0.3 is 5.32 Å². The lowest BCUT2D eigenvalue weighted by Gasteiger charge is -2.06. The van der Waals surface area contributed by atoms with E-state index in [-0.39, 0.29) is 11.7 Å². The molecule has 4 rings (SSSR count). The van der Waals surface area contributed by atoms with Gasteiger partial charge in [-0.25, -0.2) is 4.39 Å². The average molecular weight is 332 g/mol. The Kier molecular flexibility index (Phi) is 4.02. The van der Waals surface area contributed by atoms with Crippen LogP contribution in [0.4, 0.5) is 10.1 Å². The zero-order valence-corrected chi connectivity index (χ0v) is 13.6. The Morgan fingerprint density at radius 3 is 2.52 bits per heavy atom. The van der Waals surface area contributed by atoms with E-state index in [2.05, 4.69) is 16.4 Å². The number of nitrogens with one attached hydrogen (secondary N) is 1. The van der Waals surface area contributed by atoms with Crippen LogP contribution in [0.25, 0.3) is 11.1 Å². The van der Waals surface area contributed by atoms with Gasteiger partial charge in [0.1, 0.15) is 5.82 Å². The number of aryl methyl sites for hydroxylation is 2. The van der Waals surface area contributed by atoms with Crippen LogP contribution in [0, 0.1) is 5.82 Å². The van der Waals surface area contributed by atoms with Crippen molar-refractivity contribution in [2.45, 2.75) is 19.3 Å². The molecule has 124 valence electrons. The average Bonchev–Trinajstić information content (AvgIpc) is 3.01. The predicted molar refractivity (Wildman–Crippen MR) is 95.8 cm³/mol. The van der Waals surface area contributed by atoms with Gasteiger partial charge in [0.2, 0.25) is 5.91 Å². The van der Waals surface area contributed by atoms with Crippen molar-refractivity contribution in [2.24, 2.45) is 0 Å². The van der Waals surface area contributed by atoms with E-state index in [1.165, 1.54) is 12.1 Å². The molecule has 0 saturated carbocycles. The number of halogens is 1. The molecule has 0 spiro atoms. The van der Waals surface area contributed by atoms with Crippen LogP contribution in [0.3, 0.4) is 0 Å². The lowest BCUT2D eigenvalue weighted by Crippen LogP contribution is -2.03. The molecule has 0 fully saturated rings. The number of carbonyl (C=O) groups excluding carboxylic acids is 1. The van der Waals surface area contributed by atoms with Crippen LogP contribution in [-0.4, -0.2) is 10.9 Å². The molecule has 3 aromatic rings. The molecule has 0 radical (unpaired) electrons. The fraction of sp³-hybridized carbons (Fsp3) is 0.143. The predicted octanol–water partition coefficient (Wildman–Crippen LogP) is 4.17. The third-order valence-corrected chi connectivity index (χ3v) is 4.47.